The van der Waals surface area contributed by atoms with Gasteiger partial charge >= 0.3 is 0 Å². The smallest absolute Gasteiger partial charge is 0.102 e. The number of aliphatic hydroxyl groups is 1. The standard InChI is InChI=1S/C30H64NO4.ClH/c1-26(2)12-9-13-27(3)14-10-15-28(4)16-11-17-29(5)18-20-34-24-30(32)25-35-23-22-33-21-19-31(6,7)8;/h26-30,32H,9-25H2,1-8H3;1H/q+1;/p-1. The molecule has 0 bridgehead atoms. The Kier molecular flexibility index (Phi) is 25.7. The van der Waals surface area contributed by atoms with Gasteiger partial charge in [-0.15, -0.1) is 0 Å². The number of hydrogen-bond acceptors (Lipinski definition) is 4. The van der Waals surface area contributed by atoms with Crippen molar-refractivity contribution in [2.45, 2.75) is 105 Å². The van der Waals surface area contributed by atoms with Gasteiger partial charge in [-0.3, -0.25) is 0 Å². The van der Waals surface area contributed by atoms with E-state index in [0.29, 0.717) is 32.3 Å². The van der Waals surface area contributed by atoms with Crippen molar-refractivity contribution >= 4 is 0 Å². The molecule has 220 valence electrons. The van der Waals surface area contributed by atoms with E-state index in [2.05, 4.69) is 55.8 Å². The highest BCUT2D eigenvalue weighted by atomic mass is 35.5. The van der Waals surface area contributed by atoms with Crippen LogP contribution in [0.4, 0.5) is 0 Å². The molecule has 0 aromatic carbocycles. The van der Waals surface area contributed by atoms with Crippen LogP contribution in [0.25, 0.3) is 0 Å². The van der Waals surface area contributed by atoms with Gasteiger partial charge in [-0.05, 0) is 30.1 Å². The van der Waals surface area contributed by atoms with E-state index in [1.807, 2.05) is 0 Å². The van der Waals surface area contributed by atoms with Crippen LogP contribution >= 0.6 is 0 Å². The van der Waals surface area contributed by atoms with E-state index in [4.69, 9.17) is 14.2 Å². The summed E-state index contributed by atoms with van der Waals surface area (Å²) >= 11 is 0. The Balaban J connectivity index is 0. The van der Waals surface area contributed by atoms with E-state index >= 15 is 0 Å². The van der Waals surface area contributed by atoms with Crippen LogP contribution < -0.4 is 12.4 Å². The first-order chi connectivity index (χ1) is 16.5. The number of hydrogen-bond donors (Lipinski definition) is 1. The van der Waals surface area contributed by atoms with E-state index in [-0.39, 0.29) is 12.4 Å². The molecule has 0 spiro atoms. The predicted molar refractivity (Wildman–Crippen MR) is 150 cm³/mol. The van der Waals surface area contributed by atoms with Crippen molar-refractivity contribution in [2.75, 3.05) is 67.3 Å². The van der Waals surface area contributed by atoms with Crippen LogP contribution in [-0.2, 0) is 14.2 Å². The maximum Gasteiger partial charge on any atom is 0.102 e. The molecule has 6 heteroatoms. The lowest BCUT2D eigenvalue weighted by Crippen LogP contribution is -3.00. The fourth-order valence-electron chi connectivity index (χ4n) is 4.27. The first-order valence-corrected chi connectivity index (χ1v) is 14.7. The van der Waals surface area contributed by atoms with Gasteiger partial charge in [0.25, 0.3) is 0 Å². The summed E-state index contributed by atoms with van der Waals surface area (Å²) in [6.07, 6.45) is 12.8. The van der Waals surface area contributed by atoms with E-state index < -0.39 is 6.10 Å². The summed E-state index contributed by atoms with van der Waals surface area (Å²) < 4.78 is 17.6. The topological polar surface area (TPSA) is 47.9 Å². The molecule has 0 aliphatic rings. The monoisotopic (exact) mass is 537 g/mol. The molecule has 5 nitrogen and oxygen atoms in total. The maximum atomic E-state index is 10.0. The fourth-order valence-corrected chi connectivity index (χ4v) is 4.27. The Labute approximate surface area is 232 Å². The predicted octanol–water partition coefficient (Wildman–Crippen LogP) is 3.57. The van der Waals surface area contributed by atoms with Crippen molar-refractivity contribution < 1.29 is 36.2 Å². The SMILES string of the molecule is CC(C)CCCC(C)CCCC(C)CCCC(C)CCOCC(O)COCCOCC[N+](C)(C)C.[Cl-]. The number of nitrogens with zero attached hydrogens (tertiary/aromatic N) is 1. The van der Waals surface area contributed by atoms with Gasteiger partial charge in [-0.25, -0.2) is 0 Å². The Hall–Kier alpha value is 0.0900. The van der Waals surface area contributed by atoms with Gasteiger partial charge in [-0.2, -0.15) is 0 Å². The zero-order valence-corrected chi connectivity index (χ0v) is 26.2. The average molecular weight is 538 g/mol. The molecular weight excluding hydrogens is 474 g/mol. The van der Waals surface area contributed by atoms with Gasteiger partial charge in [0.05, 0.1) is 54.2 Å². The van der Waals surface area contributed by atoms with E-state index in [1.54, 1.807) is 0 Å². The largest absolute Gasteiger partial charge is 1.00 e. The van der Waals surface area contributed by atoms with Crippen molar-refractivity contribution in [3.63, 3.8) is 0 Å². The van der Waals surface area contributed by atoms with E-state index in [0.717, 1.165) is 48.4 Å². The number of ether oxygens (including phenoxy) is 3. The Morgan fingerprint density at radius 1 is 0.556 bits per heavy atom. The molecule has 0 aliphatic heterocycles. The Bertz CT molecular complexity index is 459. The lowest BCUT2D eigenvalue weighted by molar-refractivity contribution is -0.870. The van der Waals surface area contributed by atoms with Crippen molar-refractivity contribution in [1.29, 1.82) is 0 Å². The molecule has 0 saturated carbocycles. The van der Waals surface area contributed by atoms with Crippen molar-refractivity contribution in [1.82, 2.24) is 0 Å². The van der Waals surface area contributed by atoms with E-state index in [1.165, 1.54) is 57.8 Å². The highest BCUT2D eigenvalue weighted by Gasteiger charge is 2.10. The minimum atomic E-state index is -0.560. The highest BCUT2D eigenvalue weighted by molar-refractivity contribution is 4.61. The summed E-state index contributed by atoms with van der Waals surface area (Å²) in [5, 5.41) is 10.0. The van der Waals surface area contributed by atoms with Gasteiger partial charge in [0.15, 0.2) is 0 Å². The van der Waals surface area contributed by atoms with Crippen LogP contribution in [-0.4, -0.2) is 83.0 Å². The molecule has 0 rings (SSSR count). The third-order valence-corrected chi connectivity index (χ3v) is 6.92. The van der Waals surface area contributed by atoms with Crippen LogP contribution in [0, 0.1) is 23.7 Å². The van der Waals surface area contributed by atoms with Gasteiger partial charge in [0.1, 0.15) is 12.6 Å². The number of likely N-dealkylation sites (N-methyl/N-ethyl adjacent to an activating group) is 1. The van der Waals surface area contributed by atoms with E-state index in [9.17, 15) is 5.11 Å². The Morgan fingerprint density at radius 2 is 0.972 bits per heavy atom. The minimum Gasteiger partial charge on any atom is -1.00 e. The molecule has 0 radical (unpaired) electrons. The van der Waals surface area contributed by atoms with Crippen LogP contribution in [0.1, 0.15) is 98.8 Å². The second-order valence-corrected chi connectivity index (χ2v) is 12.7. The Morgan fingerprint density at radius 3 is 1.44 bits per heavy atom. The lowest BCUT2D eigenvalue weighted by Gasteiger charge is -2.23. The third-order valence-electron chi connectivity index (χ3n) is 6.92. The summed E-state index contributed by atoms with van der Waals surface area (Å²) in [5.74, 6) is 3.27. The van der Waals surface area contributed by atoms with Crippen LogP contribution in [0.5, 0.6) is 0 Å². The zero-order valence-electron chi connectivity index (χ0n) is 25.4. The number of halogens is 1. The second-order valence-electron chi connectivity index (χ2n) is 12.7. The molecule has 36 heavy (non-hydrogen) atoms. The molecule has 0 aliphatic carbocycles. The van der Waals surface area contributed by atoms with Gasteiger partial charge < -0.3 is 36.2 Å². The molecule has 1 N–H and O–H groups in total. The second kappa shape index (κ2) is 24.2. The normalized spacial score (nSPS) is 15.5. The third kappa shape index (κ3) is 28.7. The first kappa shape index (κ1) is 38.2. The fraction of sp³-hybridized carbons (Fsp3) is 1.00. The van der Waals surface area contributed by atoms with Crippen LogP contribution in [0.2, 0.25) is 0 Å². The van der Waals surface area contributed by atoms with Gasteiger partial charge in [0.2, 0.25) is 0 Å². The molecule has 0 saturated heterocycles. The molecule has 0 heterocycles. The summed E-state index contributed by atoms with van der Waals surface area (Å²) in [6, 6.07) is 0. The molecule has 0 amide bonds. The number of aliphatic hydroxyl groups excluding tert-OH is 1. The van der Waals surface area contributed by atoms with Crippen molar-refractivity contribution in [2.24, 2.45) is 23.7 Å². The number of rotatable bonds is 25. The highest BCUT2D eigenvalue weighted by Crippen LogP contribution is 2.22. The first-order valence-electron chi connectivity index (χ1n) is 14.7. The zero-order chi connectivity index (χ0) is 26.5. The van der Waals surface area contributed by atoms with Crippen LogP contribution in [0.15, 0.2) is 0 Å². The molecular formula is C30H64ClNO4. The molecule has 0 aromatic rings. The summed E-state index contributed by atoms with van der Waals surface area (Å²) in [7, 11) is 6.45. The maximum absolute atomic E-state index is 10.0. The molecule has 0 aromatic heterocycles. The average Bonchev–Trinajstić information content (AvgIpc) is 2.75. The molecule has 4 atom stereocenters. The quantitative estimate of drug-likeness (QED) is 0.143. The molecule has 4 unspecified atom stereocenters. The lowest BCUT2D eigenvalue weighted by atomic mass is 9.91. The summed E-state index contributed by atoms with van der Waals surface area (Å²) in [5.41, 5.74) is 0. The van der Waals surface area contributed by atoms with Crippen LogP contribution in [0.3, 0.4) is 0 Å². The van der Waals surface area contributed by atoms with Crippen molar-refractivity contribution in [3.8, 4) is 0 Å². The summed E-state index contributed by atoms with van der Waals surface area (Å²) in [6.45, 7) is 16.0. The van der Waals surface area contributed by atoms with Gasteiger partial charge in [-0.1, -0.05) is 92.4 Å². The number of quaternary nitrogens is 1. The minimum absolute atomic E-state index is 0. The molecule has 0 fully saturated rings. The van der Waals surface area contributed by atoms with Crippen molar-refractivity contribution in [3.05, 3.63) is 0 Å². The van der Waals surface area contributed by atoms with Gasteiger partial charge in [0, 0.05) is 6.61 Å². The summed E-state index contributed by atoms with van der Waals surface area (Å²) in [4.78, 5) is 0.